The van der Waals surface area contributed by atoms with Crippen LogP contribution in [0.2, 0.25) is 0 Å². The fraction of sp³-hybridized carbons (Fsp3) is 0.0909. The second-order valence-electron chi connectivity index (χ2n) is 3.60. The predicted octanol–water partition coefficient (Wildman–Crippen LogP) is 2.47. The molecular formula is C11H8N2O3S2. The Kier molecular flexibility index (Phi) is 3.44. The first-order chi connectivity index (χ1) is 8.49. The minimum atomic E-state index is -0.460. The molecule has 18 heavy (non-hydrogen) atoms. The molecule has 1 heterocycles. The van der Waals surface area contributed by atoms with Gasteiger partial charge in [0.15, 0.2) is 0 Å². The molecule has 0 radical (unpaired) electrons. The number of thioether (sulfide) groups is 1. The van der Waals surface area contributed by atoms with Gasteiger partial charge < -0.3 is 5.32 Å². The number of carbonyl (C=O) groups excluding carboxylic acids is 1. The molecule has 1 aliphatic rings. The van der Waals surface area contributed by atoms with Gasteiger partial charge in [0.2, 0.25) is 0 Å². The van der Waals surface area contributed by atoms with Gasteiger partial charge in [-0.05, 0) is 30.2 Å². The van der Waals surface area contributed by atoms with Crippen LogP contribution in [0.5, 0.6) is 0 Å². The van der Waals surface area contributed by atoms with E-state index in [1.54, 1.807) is 19.1 Å². The number of hydrogen-bond acceptors (Lipinski definition) is 5. The zero-order valence-corrected chi connectivity index (χ0v) is 10.9. The molecule has 5 nitrogen and oxygen atoms in total. The van der Waals surface area contributed by atoms with Gasteiger partial charge in [-0.3, -0.25) is 14.9 Å². The van der Waals surface area contributed by atoms with Gasteiger partial charge in [-0.1, -0.05) is 24.0 Å². The van der Waals surface area contributed by atoms with Crippen molar-refractivity contribution in [2.75, 3.05) is 0 Å². The van der Waals surface area contributed by atoms with Crippen molar-refractivity contribution in [1.82, 2.24) is 5.32 Å². The Hall–Kier alpha value is -1.73. The summed E-state index contributed by atoms with van der Waals surface area (Å²) >= 11 is 6.11. The van der Waals surface area contributed by atoms with E-state index in [9.17, 15) is 14.9 Å². The smallest absolute Gasteiger partial charge is 0.269 e. The topological polar surface area (TPSA) is 72.2 Å². The van der Waals surface area contributed by atoms with Crippen LogP contribution >= 0.6 is 24.0 Å². The Morgan fingerprint density at radius 3 is 2.44 bits per heavy atom. The number of nitrogens with zero attached hydrogens (tertiary/aromatic N) is 1. The number of benzene rings is 1. The highest BCUT2D eigenvalue weighted by Crippen LogP contribution is 2.32. The third-order valence-electron chi connectivity index (χ3n) is 2.47. The van der Waals surface area contributed by atoms with E-state index in [2.05, 4.69) is 5.32 Å². The van der Waals surface area contributed by atoms with E-state index in [0.29, 0.717) is 9.23 Å². The van der Waals surface area contributed by atoms with Crippen molar-refractivity contribution < 1.29 is 9.72 Å². The van der Waals surface area contributed by atoms with Gasteiger partial charge >= 0.3 is 0 Å². The molecule has 1 aromatic carbocycles. The number of nitro groups is 1. The van der Waals surface area contributed by atoms with E-state index < -0.39 is 4.92 Å². The minimum absolute atomic E-state index is 0.0237. The molecule has 92 valence electrons. The summed E-state index contributed by atoms with van der Waals surface area (Å²) in [5.74, 6) is -0.221. The van der Waals surface area contributed by atoms with Crippen molar-refractivity contribution in [3.8, 4) is 0 Å². The van der Waals surface area contributed by atoms with Crippen LogP contribution in [-0.2, 0) is 4.79 Å². The van der Waals surface area contributed by atoms with Crippen molar-refractivity contribution in [1.29, 1.82) is 0 Å². The van der Waals surface area contributed by atoms with Crippen LogP contribution in [-0.4, -0.2) is 15.2 Å². The number of nitro benzene ring substituents is 1. The van der Waals surface area contributed by atoms with Gasteiger partial charge in [0.1, 0.15) is 4.32 Å². The zero-order valence-electron chi connectivity index (χ0n) is 9.30. The second kappa shape index (κ2) is 4.87. The molecule has 0 saturated carbocycles. The Bertz CT molecular complexity index is 578. The lowest BCUT2D eigenvalue weighted by Gasteiger charge is -2.03. The molecular weight excluding hydrogens is 272 g/mol. The average Bonchev–Trinajstić information content (AvgIpc) is 2.67. The standard InChI is InChI=1S/C11H8N2O3S2/c1-6(9-10(14)12-11(17)18-9)7-2-4-8(5-3-7)13(15)16/h2-5H,1H3,(H,12,14,17)/b9-6+. The van der Waals surface area contributed by atoms with Gasteiger partial charge in [-0.25, -0.2) is 0 Å². The van der Waals surface area contributed by atoms with Gasteiger partial charge in [-0.2, -0.15) is 0 Å². The number of amides is 1. The Morgan fingerprint density at radius 1 is 1.39 bits per heavy atom. The van der Waals surface area contributed by atoms with E-state index in [4.69, 9.17) is 12.2 Å². The third kappa shape index (κ3) is 2.41. The highest BCUT2D eigenvalue weighted by molar-refractivity contribution is 8.26. The summed E-state index contributed by atoms with van der Waals surface area (Å²) < 4.78 is 0.427. The number of thiocarbonyl (C=S) groups is 1. The highest BCUT2D eigenvalue weighted by Gasteiger charge is 2.24. The molecule has 0 unspecified atom stereocenters. The zero-order chi connectivity index (χ0) is 13.3. The van der Waals surface area contributed by atoms with Crippen LogP contribution in [0.3, 0.4) is 0 Å². The first-order valence-corrected chi connectivity index (χ1v) is 6.20. The first-order valence-electron chi connectivity index (χ1n) is 4.98. The molecule has 0 bridgehead atoms. The van der Waals surface area contributed by atoms with Crippen LogP contribution in [0.1, 0.15) is 12.5 Å². The fourth-order valence-electron chi connectivity index (χ4n) is 1.53. The molecule has 7 heteroatoms. The van der Waals surface area contributed by atoms with E-state index in [-0.39, 0.29) is 11.6 Å². The van der Waals surface area contributed by atoms with Crippen LogP contribution < -0.4 is 5.32 Å². The van der Waals surface area contributed by atoms with Crippen molar-refractivity contribution in [2.45, 2.75) is 6.92 Å². The predicted molar refractivity (Wildman–Crippen MR) is 74.0 cm³/mol. The lowest BCUT2D eigenvalue weighted by molar-refractivity contribution is -0.384. The van der Waals surface area contributed by atoms with Crippen molar-refractivity contribution in [3.05, 3.63) is 44.8 Å². The molecule has 2 rings (SSSR count). The molecule has 1 amide bonds. The summed E-state index contributed by atoms with van der Waals surface area (Å²) in [4.78, 5) is 22.2. The normalized spacial score (nSPS) is 17.6. The van der Waals surface area contributed by atoms with E-state index >= 15 is 0 Å². The van der Waals surface area contributed by atoms with Gasteiger partial charge in [0.25, 0.3) is 11.6 Å². The van der Waals surface area contributed by atoms with Crippen LogP contribution in [0.15, 0.2) is 29.2 Å². The summed E-state index contributed by atoms with van der Waals surface area (Å²) in [5.41, 5.74) is 1.55. The molecule has 0 atom stereocenters. The average molecular weight is 280 g/mol. The quantitative estimate of drug-likeness (QED) is 0.390. The summed E-state index contributed by atoms with van der Waals surface area (Å²) in [6.45, 7) is 1.79. The molecule has 1 N–H and O–H groups in total. The van der Waals surface area contributed by atoms with Gasteiger partial charge in [0, 0.05) is 12.1 Å². The van der Waals surface area contributed by atoms with E-state index in [1.807, 2.05) is 0 Å². The Labute approximate surface area is 112 Å². The lowest BCUT2D eigenvalue weighted by atomic mass is 10.1. The molecule has 0 aliphatic carbocycles. The number of hydrogen-bond donors (Lipinski definition) is 1. The largest absolute Gasteiger partial charge is 0.307 e. The third-order valence-corrected chi connectivity index (χ3v) is 3.80. The molecule has 1 saturated heterocycles. The summed E-state index contributed by atoms with van der Waals surface area (Å²) in [6.07, 6.45) is 0. The molecule has 1 aromatic rings. The van der Waals surface area contributed by atoms with Crippen LogP contribution in [0.4, 0.5) is 5.69 Å². The van der Waals surface area contributed by atoms with E-state index in [0.717, 1.165) is 11.1 Å². The Morgan fingerprint density at radius 2 is 2.00 bits per heavy atom. The highest BCUT2D eigenvalue weighted by atomic mass is 32.2. The maximum absolute atomic E-state index is 11.6. The molecule has 0 aromatic heterocycles. The molecule has 1 fully saturated rings. The summed E-state index contributed by atoms with van der Waals surface area (Å²) in [6, 6.07) is 6.07. The Balaban J connectivity index is 2.37. The van der Waals surface area contributed by atoms with Gasteiger partial charge in [0.05, 0.1) is 9.83 Å². The van der Waals surface area contributed by atoms with Crippen molar-refractivity contribution in [3.63, 3.8) is 0 Å². The van der Waals surface area contributed by atoms with Gasteiger partial charge in [-0.15, -0.1) is 0 Å². The number of non-ortho nitro benzene ring substituents is 1. The van der Waals surface area contributed by atoms with Crippen LogP contribution in [0, 0.1) is 10.1 Å². The second-order valence-corrected chi connectivity index (χ2v) is 5.29. The monoisotopic (exact) mass is 280 g/mol. The van der Waals surface area contributed by atoms with Crippen LogP contribution in [0.25, 0.3) is 5.57 Å². The number of nitrogens with one attached hydrogen (secondary N) is 1. The molecule has 1 aliphatic heterocycles. The van der Waals surface area contributed by atoms with E-state index in [1.165, 1.54) is 23.9 Å². The number of rotatable bonds is 2. The fourth-order valence-corrected chi connectivity index (χ4v) is 2.61. The maximum Gasteiger partial charge on any atom is 0.269 e. The minimum Gasteiger partial charge on any atom is -0.307 e. The lowest BCUT2D eigenvalue weighted by Crippen LogP contribution is -2.18. The first kappa shape index (κ1) is 12.7. The number of carbonyl (C=O) groups is 1. The molecule has 0 spiro atoms. The summed E-state index contributed by atoms with van der Waals surface area (Å²) in [7, 11) is 0. The van der Waals surface area contributed by atoms with Crippen molar-refractivity contribution in [2.24, 2.45) is 0 Å². The summed E-state index contributed by atoms with van der Waals surface area (Å²) in [5, 5.41) is 13.1. The SMILES string of the molecule is C/C(=C1\SC(=S)NC1=O)c1ccc([N+](=O)[O-])cc1. The van der Waals surface area contributed by atoms with Crippen molar-refractivity contribution >= 4 is 45.5 Å². The maximum atomic E-state index is 11.6. The number of allylic oxidation sites excluding steroid dienone is 1.